The Hall–Kier alpha value is -1.87. The summed E-state index contributed by atoms with van der Waals surface area (Å²) in [5, 5.41) is 2.34. The SMILES string of the molecule is C=c1cccc/c1=C(/C=C\CI)CC=C1/C(=C\CC)c2ccccc2C1(C)C. The molecule has 2 aromatic carbocycles. The standard InChI is InChI=1S/C27H29I/c1-5-11-23-24-15-8-9-16-25(24)27(3,4)26(23)18-17-21(13-10-19-28)22-14-7-6-12-20(22)2/h6-16,18H,2,5,17,19H2,1,3-4H3/b13-10-,22-21+,23-11-,26-18?. The van der Waals surface area contributed by atoms with Crippen LogP contribution in [0.1, 0.15) is 44.7 Å². The van der Waals surface area contributed by atoms with E-state index in [0.29, 0.717) is 0 Å². The average Bonchev–Trinajstić information content (AvgIpc) is 2.90. The Morgan fingerprint density at radius 3 is 2.46 bits per heavy atom. The van der Waals surface area contributed by atoms with Gasteiger partial charge in [0.2, 0.25) is 0 Å². The van der Waals surface area contributed by atoms with Crippen molar-refractivity contribution in [2.75, 3.05) is 4.43 Å². The zero-order valence-corrected chi connectivity index (χ0v) is 19.3. The number of rotatable bonds is 5. The second-order valence-corrected chi connectivity index (χ2v) is 8.64. The van der Waals surface area contributed by atoms with E-state index in [-0.39, 0.29) is 5.41 Å². The van der Waals surface area contributed by atoms with E-state index in [9.17, 15) is 0 Å². The van der Waals surface area contributed by atoms with Crippen LogP contribution in [-0.4, -0.2) is 4.43 Å². The van der Waals surface area contributed by atoms with Gasteiger partial charge in [-0.2, -0.15) is 0 Å². The molecule has 0 amide bonds. The zero-order valence-electron chi connectivity index (χ0n) is 17.1. The van der Waals surface area contributed by atoms with Crippen molar-refractivity contribution in [2.45, 2.75) is 39.0 Å². The summed E-state index contributed by atoms with van der Waals surface area (Å²) in [7, 11) is 0. The normalized spacial score (nSPS) is 19.4. The molecule has 0 saturated heterocycles. The molecule has 0 radical (unpaired) electrons. The molecule has 2 aromatic rings. The van der Waals surface area contributed by atoms with Crippen molar-refractivity contribution in [3.63, 3.8) is 0 Å². The second-order valence-electron chi connectivity index (χ2n) is 7.76. The number of fused-ring (bicyclic) bond motifs is 1. The van der Waals surface area contributed by atoms with Gasteiger partial charge >= 0.3 is 0 Å². The fourth-order valence-corrected chi connectivity index (χ4v) is 4.43. The van der Waals surface area contributed by atoms with Crippen LogP contribution in [0.3, 0.4) is 0 Å². The Balaban J connectivity index is 2.13. The fraction of sp³-hybridized carbons (Fsp3) is 0.259. The van der Waals surface area contributed by atoms with Gasteiger partial charge in [-0.05, 0) is 51.1 Å². The summed E-state index contributed by atoms with van der Waals surface area (Å²) in [5.41, 5.74) is 7.03. The quantitative estimate of drug-likeness (QED) is 0.346. The Labute approximate surface area is 183 Å². The first kappa shape index (κ1) is 20.9. The largest absolute Gasteiger partial charge is 0.0911 e. The van der Waals surface area contributed by atoms with Gasteiger partial charge in [-0.15, -0.1) is 0 Å². The summed E-state index contributed by atoms with van der Waals surface area (Å²) in [6.07, 6.45) is 11.3. The summed E-state index contributed by atoms with van der Waals surface area (Å²) >= 11 is 2.40. The molecule has 0 saturated carbocycles. The van der Waals surface area contributed by atoms with Gasteiger partial charge in [-0.3, -0.25) is 0 Å². The maximum Gasteiger partial charge on any atom is 0.0179 e. The average molecular weight is 480 g/mol. The first-order valence-electron chi connectivity index (χ1n) is 10.0. The second kappa shape index (κ2) is 9.09. The van der Waals surface area contributed by atoms with Gasteiger partial charge in [0.05, 0.1) is 0 Å². The molecule has 0 fully saturated rings. The minimum Gasteiger partial charge on any atom is -0.0911 e. The van der Waals surface area contributed by atoms with Crippen LogP contribution in [0.15, 0.2) is 78.4 Å². The summed E-state index contributed by atoms with van der Waals surface area (Å²) in [6.45, 7) is 11.2. The van der Waals surface area contributed by atoms with Gasteiger partial charge in [-0.25, -0.2) is 0 Å². The molecule has 1 aliphatic carbocycles. The van der Waals surface area contributed by atoms with Gasteiger partial charge in [-0.1, -0.05) is 123 Å². The lowest BCUT2D eigenvalue weighted by atomic mass is 9.81. The molecule has 0 spiro atoms. The minimum absolute atomic E-state index is 0.0274. The topological polar surface area (TPSA) is 0 Å². The van der Waals surface area contributed by atoms with Crippen molar-refractivity contribution in [1.29, 1.82) is 0 Å². The van der Waals surface area contributed by atoms with E-state index >= 15 is 0 Å². The number of hydrogen-bond acceptors (Lipinski definition) is 0. The maximum atomic E-state index is 4.25. The van der Waals surface area contributed by atoms with Crippen LogP contribution in [0.25, 0.3) is 17.7 Å². The molecular weight excluding hydrogens is 451 g/mol. The van der Waals surface area contributed by atoms with E-state index in [2.05, 4.69) is 123 Å². The Bertz CT molecular complexity index is 1050. The third kappa shape index (κ3) is 4.10. The lowest BCUT2D eigenvalue weighted by Crippen LogP contribution is -2.24. The molecule has 0 nitrogen and oxygen atoms in total. The van der Waals surface area contributed by atoms with E-state index in [4.69, 9.17) is 0 Å². The molecule has 0 bridgehead atoms. The molecule has 28 heavy (non-hydrogen) atoms. The number of alkyl halides is 1. The predicted molar refractivity (Wildman–Crippen MR) is 133 cm³/mol. The van der Waals surface area contributed by atoms with E-state index < -0.39 is 0 Å². The van der Waals surface area contributed by atoms with E-state index in [1.165, 1.54) is 33.1 Å². The van der Waals surface area contributed by atoms with Gasteiger partial charge in [0.15, 0.2) is 0 Å². The highest BCUT2D eigenvalue weighted by Crippen LogP contribution is 2.49. The number of hydrogen-bond donors (Lipinski definition) is 0. The number of allylic oxidation sites excluding steroid dienone is 6. The van der Waals surface area contributed by atoms with E-state index in [1.54, 1.807) is 0 Å². The first-order valence-corrected chi connectivity index (χ1v) is 11.5. The van der Waals surface area contributed by atoms with E-state index in [1.807, 2.05) is 0 Å². The smallest absolute Gasteiger partial charge is 0.0179 e. The number of halogens is 1. The van der Waals surface area contributed by atoms with Gasteiger partial charge < -0.3 is 0 Å². The van der Waals surface area contributed by atoms with Crippen LogP contribution in [0.4, 0.5) is 0 Å². The molecule has 0 aromatic heterocycles. The first-order chi connectivity index (χ1) is 13.5. The van der Waals surface area contributed by atoms with Crippen LogP contribution in [0.2, 0.25) is 0 Å². The molecule has 3 rings (SSSR count). The fourth-order valence-electron chi connectivity index (χ4n) is 4.18. The van der Waals surface area contributed by atoms with Crippen LogP contribution in [-0.2, 0) is 5.41 Å². The molecule has 144 valence electrons. The lowest BCUT2D eigenvalue weighted by Gasteiger charge is -2.22. The monoisotopic (exact) mass is 480 g/mol. The van der Waals surface area contributed by atoms with Crippen molar-refractivity contribution < 1.29 is 0 Å². The van der Waals surface area contributed by atoms with Gasteiger partial charge in [0, 0.05) is 9.84 Å². The van der Waals surface area contributed by atoms with Crippen LogP contribution in [0, 0.1) is 0 Å². The summed E-state index contributed by atoms with van der Waals surface area (Å²) in [5.74, 6) is 0. The molecular formula is C27H29I. The molecule has 0 atom stereocenters. The van der Waals surface area contributed by atoms with Crippen LogP contribution in [0.5, 0.6) is 0 Å². The van der Waals surface area contributed by atoms with Gasteiger partial charge in [0.25, 0.3) is 0 Å². The minimum atomic E-state index is 0.0274. The van der Waals surface area contributed by atoms with Crippen LogP contribution < -0.4 is 10.4 Å². The third-order valence-corrected chi connectivity index (χ3v) is 6.07. The Kier molecular flexibility index (Phi) is 6.77. The number of benzene rings is 2. The molecule has 0 unspecified atom stereocenters. The van der Waals surface area contributed by atoms with Crippen molar-refractivity contribution in [2.24, 2.45) is 0 Å². The highest BCUT2D eigenvalue weighted by atomic mass is 127. The van der Waals surface area contributed by atoms with Crippen molar-refractivity contribution in [3.8, 4) is 0 Å². The molecule has 0 heterocycles. The highest BCUT2D eigenvalue weighted by Gasteiger charge is 2.37. The Morgan fingerprint density at radius 1 is 1.04 bits per heavy atom. The maximum absolute atomic E-state index is 4.25. The molecule has 1 aliphatic rings. The van der Waals surface area contributed by atoms with Crippen molar-refractivity contribution in [1.82, 2.24) is 0 Å². The van der Waals surface area contributed by atoms with Crippen molar-refractivity contribution in [3.05, 3.63) is 100.0 Å². The predicted octanol–water partition coefficient (Wildman–Crippen LogP) is 6.34. The summed E-state index contributed by atoms with van der Waals surface area (Å²) in [6, 6.07) is 17.3. The molecule has 0 aliphatic heterocycles. The van der Waals surface area contributed by atoms with E-state index in [0.717, 1.165) is 22.5 Å². The third-order valence-electron chi connectivity index (χ3n) is 5.56. The molecule has 0 N–H and O–H groups in total. The molecule has 1 heteroatoms. The van der Waals surface area contributed by atoms with Gasteiger partial charge in [0.1, 0.15) is 0 Å². The van der Waals surface area contributed by atoms with Crippen molar-refractivity contribution >= 4 is 40.3 Å². The van der Waals surface area contributed by atoms with Crippen LogP contribution >= 0.6 is 22.6 Å². The zero-order chi connectivity index (χ0) is 20.1. The Morgan fingerprint density at radius 2 is 1.75 bits per heavy atom. The lowest BCUT2D eigenvalue weighted by molar-refractivity contribution is 0.658. The summed E-state index contributed by atoms with van der Waals surface area (Å²) < 4.78 is 1.01. The summed E-state index contributed by atoms with van der Waals surface area (Å²) in [4.78, 5) is 0. The highest BCUT2D eigenvalue weighted by molar-refractivity contribution is 14.1.